The van der Waals surface area contributed by atoms with E-state index in [1.165, 1.54) is 6.33 Å². The largest absolute Gasteiger partial charge is 0.393 e. The van der Waals surface area contributed by atoms with E-state index in [1.807, 2.05) is 30.3 Å². The number of unbranched alkanes of at least 4 members (excludes halogenated alkanes) is 1. The molecule has 1 heterocycles. The molecule has 0 atom stereocenters. The minimum atomic E-state index is 0.544. The number of nitrogens with one attached hydrogen (secondary N) is 2. The van der Waals surface area contributed by atoms with E-state index in [9.17, 15) is 0 Å². The van der Waals surface area contributed by atoms with E-state index >= 15 is 0 Å². The molecule has 5 nitrogen and oxygen atoms in total. The fraction of sp³-hybridized carbons (Fsp3) is 0.286. The molecule has 0 saturated heterocycles. The quantitative estimate of drug-likeness (QED) is 0.693. The topological polar surface area (TPSA) is 75.9 Å². The molecule has 1 aromatic heterocycles. The highest BCUT2D eigenvalue weighted by atomic mass is 15.1. The number of para-hydroxylation sites is 1. The van der Waals surface area contributed by atoms with Gasteiger partial charge in [0.25, 0.3) is 0 Å². The molecule has 0 aliphatic carbocycles. The molecule has 0 saturated carbocycles. The minimum Gasteiger partial charge on any atom is -0.393 e. The first-order valence-corrected chi connectivity index (χ1v) is 6.47. The molecular formula is C14H19N5. The van der Waals surface area contributed by atoms with Crippen molar-refractivity contribution >= 4 is 23.0 Å². The molecule has 19 heavy (non-hydrogen) atoms. The first-order valence-electron chi connectivity index (χ1n) is 6.47. The zero-order valence-electron chi connectivity index (χ0n) is 11.1. The van der Waals surface area contributed by atoms with Crippen molar-refractivity contribution in [3.05, 3.63) is 36.7 Å². The van der Waals surface area contributed by atoms with Gasteiger partial charge in [0.15, 0.2) is 11.6 Å². The lowest BCUT2D eigenvalue weighted by molar-refractivity contribution is 0.831. The molecule has 1 aromatic carbocycles. The molecule has 2 aromatic rings. The van der Waals surface area contributed by atoms with Crippen molar-refractivity contribution in [2.45, 2.75) is 19.8 Å². The number of hydrogen-bond acceptors (Lipinski definition) is 5. The number of rotatable bonds is 6. The first kappa shape index (κ1) is 13.1. The molecular weight excluding hydrogens is 238 g/mol. The molecule has 4 N–H and O–H groups in total. The molecule has 0 radical (unpaired) electrons. The van der Waals surface area contributed by atoms with Crippen LogP contribution in [0.15, 0.2) is 36.7 Å². The Balaban J connectivity index is 2.11. The molecule has 100 valence electrons. The molecule has 0 aliphatic rings. The summed E-state index contributed by atoms with van der Waals surface area (Å²) in [4.78, 5) is 8.34. The van der Waals surface area contributed by atoms with Gasteiger partial charge in [-0.2, -0.15) is 0 Å². The maximum atomic E-state index is 6.06. The number of benzene rings is 1. The second-order valence-electron chi connectivity index (χ2n) is 4.26. The van der Waals surface area contributed by atoms with Gasteiger partial charge in [0, 0.05) is 12.2 Å². The van der Waals surface area contributed by atoms with Crippen LogP contribution in [-0.2, 0) is 0 Å². The fourth-order valence-electron chi connectivity index (χ4n) is 1.68. The van der Waals surface area contributed by atoms with E-state index in [4.69, 9.17) is 5.73 Å². The second kappa shape index (κ2) is 6.58. The van der Waals surface area contributed by atoms with Gasteiger partial charge in [0.2, 0.25) is 0 Å². The first-order chi connectivity index (χ1) is 9.31. The molecule has 0 aliphatic heterocycles. The Kier molecular flexibility index (Phi) is 4.55. The van der Waals surface area contributed by atoms with Crippen molar-refractivity contribution in [1.82, 2.24) is 9.97 Å². The van der Waals surface area contributed by atoms with Crippen LogP contribution in [0.3, 0.4) is 0 Å². The summed E-state index contributed by atoms with van der Waals surface area (Å²) in [6.07, 6.45) is 3.73. The van der Waals surface area contributed by atoms with Gasteiger partial charge in [-0.05, 0) is 18.6 Å². The number of nitrogens with zero attached hydrogens (tertiary/aromatic N) is 2. The molecule has 0 fully saturated rings. The summed E-state index contributed by atoms with van der Waals surface area (Å²) in [6, 6.07) is 9.81. The Morgan fingerprint density at radius 1 is 1.11 bits per heavy atom. The van der Waals surface area contributed by atoms with Crippen LogP contribution in [-0.4, -0.2) is 16.5 Å². The average molecular weight is 257 g/mol. The van der Waals surface area contributed by atoms with Gasteiger partial charge in [-0.3, -0.25) is 0 Å². The van der Waals surface area contributed by atoms with E-state index in [1.54, 1.807) is 0 Å². The van der Waals surface area contributed by atoms with E-state index in [0.29, 0.717) is 17.3 Å². The number of anilines is 4. The van der Waals surface area contributed by atoms with Gasteiger partial charge < -0.3 is 16.4 Å². The van der Waals surface area contributed by atoms with Crippen LogP contribution in [0.5, 0.6) is 0 Å². The second-order valence-corrected chi connectivity index (χ2v) is 4.26. The van der Waals surface area contributed by atoms with Gasteiger partial charge in [0.05, 0.1) is 0 Å². The van der Waals surface area contributed by atoms with Crippen LogP contribution in [0.1, 0.15) is 19.8 Å². The summed E-state index contributed by atoms with van der Waals surface area (Å²) in [5, 5.41) is 6.41. The lowest BCUT2D eigenvalue weighted by Crippen LogP contribution is -2.08. The van der Waals surface area contributed by atoms with Crippen molar-refractivity contribution < 1.29 is 0 Å². The van der Waals surface area contributed by atoms with Gasteiger partial charge in [-0.15, -0.1) is 0 Å². The van der Waals surface area contributed by atoms with Crippen molar-refractivity contribution in [3.8, 4) is 0 Å². The molecule has 0 unspecified atom stereocenters. The number of aromatic nitrogens is 2. The SMILES string of the molecule is CCCCNc1ncnc(Nc2ccccc2)c1N. The Bertz CT molecular complexity index is 512. The molecule has 0 bridgehead atoms. The van der Waals surface area contributed by atoms with Gasteiger partial charge in [0.1, 0.15) is 12.0 Å². The molecule has 5 heteroatoms. The maximum Gasteiger partial charge on any atom is 0.159 e. The summed E-state index contributed by atoms with van der Waals surface area (Å²) in [6.45, 7) is 3.01. The zero-order chi connectivity index (χ0) is 13.5. The number of nitrogen functional groups attached to an aromatic ring is 1. The number of hydrogen-bond donors (Lipinski definition) is 3. The standard InChI is InChI=1S/C14H19N5/c1-2-3-9-16-13-12(15)14(18-10-17-13)19-11-7-5-4-6-8-11/h4-8,10H,2-3,9,15H2,1H3,(H2,16,17,18,19). The van der Waals surface area contributed by atoms with Crippen LogP contribution in [0.4, 0.5) is 23.0 Å². The average Bonchev–Trinajstić information content (AvgIpc) is 2.44. The minimum absolute atomic E-state index is 0.544. The van der Waals surface area contributed by atoms with Crippen molar-refractivity contribution in [3.63, 3.8) is 0 Å². The van der Waals surface area contributed by atoms with Crippen LogP contribution in [0, 0.1) is 0 Å². The lowest BCUT2D eigenvalue weighted by Gasteiger charge is -2.12. The maximum absolute atomic E-state index is 6.06. The van der Waals surface area contributed by atoms with E-state index in [-0.39, 0.29) is 0 Å². The Hall–Kier alpha value is -2.30. The summed E-state index contributed by atoms with van der Waals surface area (Å²) < 4.78 is 0. The number of nitrogens with two attached hydrogens (primary N) is 1. The van der Waals surface area contributed by atoms with Gasteiger partial charge in [-0.25, -0.2) is 9.97 Å². The molecule has 0 spiro atoms. The zero-order valence-corrected chi connectivity index (χ0v) is 11.1. The lowest BCUT2D eigenvalue weighted by atomic mass is 10.3. The van der Waals surface area contributed by atoms with Gasteiger partial charge in [-0.1, -0.05) is 31.5 Å². The third kappa shape index (κ3) is 3.58. The van der Waals surface area contributed by atoms with Crippen LogP contribution in [0.2, 0.25) is 0 Å². The van der Waals surface area contributed by atoms with E-state index in [0.717, 1.165) is 25.1 Å². The van der Waals surface area contributed by atoms with E-state index < -0.39 is 0 Å². The summed E-state index contributed by atoms with van der Waals surface area (Å²) in [5.41, 5.74) is 7.56. The third-order valence-corrected chi connectivity index (χ3v) is 2.74. The normalized spacial score (nSPS) is 10.2. The van der Waals surface area contributed by atoms with Crippen LogP contribution >= 0.6 is 0 Å². The predicted molar refractivity (Wildman–Crippen MR) is 79.6 cm³/mol. The third-order valence-electron chi connectivity index (χ3n) is 2.74. The van der Waals surface area contributed by atoms with Crippen molar-refractivity contribution in [2.75, 3.05) is 22.9 Å². The highest BCUT2D eigenvalue weighted by molar-refractivity contribution is 5.77. The van der Waals surface area contributed by atoms with Crippen LogP contribution in [0.25, 0.3) is 0 Å². The molecule has 2 rings (SSSR count). The Labute approximate surface area is 113 Å². The summed E-state index contributed by atoms with van der Waals surface area (Å²) in [7, 11) is 0. The van der Waals surface area contributed by atoms with Crippen molar-refractivity contribution in [2.24, 2.45) is 0 Å². The summed E-state index contributed by atoms with van der Waals surface area (Å²) >= 11 is 0. The highest BCUT2D eigenvalue weighted by Gasteiger charge is 2.07. The fourth-order valence-corrected chi connectivity index (χ4v) is 1.68. The predicted octanol–water partition coefficient (Wildman–Crippen LogP) is 3.01. The van der Waals surface area contributed by atoms with Crippen LogP contribution < -0.4 is 16.4 Å². The monoisotopic (exact) mass is 257 g/mol. The van der Waals surface area contributed by atoms with Crippen molar-refractivity contribution in [1.29, 1.82) is 0 Å². The highest BCUT2D eigenvalue weighted by Crippen LogP contribution is 2.25. The van der Waals surface area contributed by atoms with E-state index in [2.05, 4.69) is 27.5 Å². The smallest absolute Gasteiger partial charge is 0.159 e. The Morgan fingerprint density at radius 3 is 2.58 bits per heavy atom. The molecule has 0 amide bonds. The summed E-state index contributed by atoms with van der Waals surface area (Å²) in [5.74, 6) is 1.31. The Morgan fingerprint density at radius 2 is 1.84 bits per heavy atom. The van der Waals surface area contributed by atoms with Gasteiger partial charge >= 0.3 is 0 Å².